The molecular weight excluding hydrogens is 523 g/mol. The Kier molecular flexibility index (Phi) is 6.52. The van der Waals surface area contributed by atoms with Crippen LogP contribution in [-0.2, 0) is 25.9 Å². The molecule has 0 unspecified atom stereocenters. The molecule has 0 amide bonds. The molecule has 0 N–H and O–H groups in total. The second-order valence-electron chi connectivity index (χ2n) is 9.81. The van der Waals surface area contributed by atoms with E-state index < -0.39 is 0 Å². The molecule has 1 aliphatic rings. The van der Waals surface area contributed by atoms with Gasteiger partial charge in [0.05, 0.1) is 11.1 Å². The summed E-state index contributed by atoms with van der Waals surface area (Å²) in [5.74, 6) is 1.45. The van der Waals surface area contributed by atoms with Crippen molar-refractivity contribution in [2.24, 2.45) is 0 Å². The van der Waals surface area contributed by atoms with Gasteiger partial charge in [-0.05, 0) is 41.7 Å². The van der Waals surface area contributed by atoms with E-state index in [1.54, 1.807) is 27.7 Å². The van der Waals surface area contributed by atoms with Gasteiger partial charge < -0.3 is 0 Å². The Morgan fingerprint density at radius 2 is 1.54 bits per heavy atom. The minimum absolute atomic E-state index is 0.00838. The number of fused-ring (bicyclic) bond motifs is 5. The van der Waals surface area contributed by atoms with Crippen LogP contribution in [0, 0.1) is 0 Å². The topological polar surface area (TPSA) is 55.4 Å². The van der Waals surface area contributed by atoms with Crippen LogP contribution in [0.3, 0.4) is 0 Å². The van der Waals surface area contributed by atoms with E-state index in [0.717, 1.165) is 59.3 Å². The second-order valence-corrected chi connectivity index (χ2v) is 12.0. The summed E-state index contributed by atoms with van der Waals surface area (Å²) in [5.41, 5.74) is 4.60. The van der Waals surface area contributed by atoms with E-state index in [1.165, 1.54) is 21.6 Å². The number of hydrogen-bond acceptors (Lipinski definition) is 6. The monoisotopic (exact) mass is 549 g/mol. The van der Waals surface area contributed by atoms with E-state index in [9.17, 15) is 4.79 Å². The number of thiophene rings is 1. The quantitative estimate of drug-likeness (QED) is 0.229. The highest BCUT2D eigenvalue weighted by atomic mass is 32.2. The number of hydrogen-bond donors (Lipinski definition) is 0. The molecule has 0 radical (unpaired) electrons. The molecule has 6 nitrogen and oxygen atoms in total. The maximum absolute atomic E-state index is 14.1. The fraction of sp³-hybridized carbons (Fsp3) is 0.194. The first kappa shape index (κ1) is 24.3. The van der Waals surface area contributed by atoms with E-state index in [0.29, 0.717) is 5.78 Å². The summed E-state index contributed by atoms with van der Waals surface area (Å²) < 4.78 is 3.85. The fourth-order valence-corrected chi connectivity index (χ4v) is 7.75. The number of thioether (sulfide) groups is 1. The molecule has 6 aromatic rings. The highest BCUT2D eigenvalue weighted by Gasteiger charge is 2.27. The van der Waals surface area contributed by atoms with E-state index in [1.807, 2.05) is 36.4 Å². The van der Waals surface area contributed by atoms with Crippen molar-refractivity contribution in [2.75, 3.05) is 12.3 Å². The Morgan fingerprint density at radius 1 is 0.846 bits per heavy atom. The lowest BCUT2D eigenvalue weighted by Crippen LogP contribution is -2.30. The van der Waals surface area contributed by atoms with Gasteiger partial charge in [-0.15, -0.1) is 21.5 Å². The SMILES string of the molecule is O=c1c2c3c(sc2n2c(SCCc4ccccc4)nnc2n1-c1ccccc1)CN(Cc1ccccc1)CC3. The molecule has 4 heterocycles. The van der Waals surface area contributed by atoms with E-state index in [-0.39, 0.29) is 5.56 Å². The van der Waals surface area contributed by atoms with Gasteiger partial charge in [-0.3, -0.25) is 9.69 Å². The first-order valence-electron chi connectivity index (χ1n) is 13.2. The standard InChI is InChI=1S/C31H27N5OS2/c37-28-27-25-16-18-34(20-23-12-6-2-7-13-23)21-26(25)39-29(27)36-30(35(28)24-14-8-3-9-15-24)32-33-31(36)38-19-17-22-10-4-1-5-11-22/h1-15H,16-21H2. The zero-order valence-electron chi connectivity index (χ0n) is 21.4. The summed E-state index contributed by atoms with van der Waals surface area (Å²) in [6, 6.07) is 30.9. The smallest absolute Gasteiger partial charge is 0.268 e. The summed E-state index contributed by atoms with van der Waals surface area (Å²) in [5, 5.41) is 10.8. The molecule has 3 aromatic heterocycles. The lowest BCUT2D eigenvalue weighted by atomic mass is 10.0. The fourth-order valence-electron chi connectivity index (χ4n) is 5.39. The zero-order chi connectivity index (χ0) is 26.2. The third-order valence-corrected chi connectivity index (χ3v) is 9.41. The Balaban J connectivity index is 1.32. The first-order chi connectivity index (χ1) is 19.3. The first-order valence-corrected chi connectivity index (χ1v) is 15.0. The maximum atomic E-state index is 14.1. The number of rotatable bonds is 7. The van der Waals surface area contributed by atoms with Gasteiger partial charge in [-0.25, -0.2) is 8.97 Å². The van der Waals surface area contributed by atoms with Crippen molar-refractivity contribution in [1.29, 1.82) is 0 Å². The van der Waals surface area contributed by atoms with Crippen molar-refractivity contribution in [3.63, 3.8) is 0 Å². The van der Waals surface area contributed by atoms with Gasteiger partial charge in [0.2, 0.25) is 5.78 Å². The van der Waals surface area contributed by atoms with Crippen LogP contribution in [0.5, 0.6) is 0 Å². The number of benzene rings is 3. The molecule has 39 heavy (non-hydrogen) atoms. The average molecular weight is 550 g/mol. The molecule has 0 saturated carbocycles. The molecule has 3 aromatic carbocycles. The van der Waals surface area contributed by atoms with Crippen molar-refractivity contribution >= 4 is 39.1 Å². The van der Waals surface area contributed by atoms with Crippen LogP contribution >= 0.6 is 23.1 Å². The second kappa shape index (κ2) is 10.4. The lowest BCUT2D eigenvalue weighted by molar-refractivity contribution is 0.249. The number of para-hydroxylation sites is 1. The number of aryl methyl sites for hydroxylation is 1. The van der Waals surface area contributed by atoms with Crippen LogP contribution in [0.2, 0.25) is 0 Å². The predicted molar refractivity (Wildman–Crippen MR) is 159 cm³/mol. The molecule has 194 valence electrons. The zero-order valence-corrected chi connectivity index (χ0v) is 23.0. The van der Waals surface area contributed by atoms with E-state index >= 15 is 0 Å². The molecule has 0 aliphatic carbocycles. The van der Waals surface area contributed by atoms with Gasteiger partial charge in [0.25, 0.3) is 5.56 Å². The van der Waals surface area contributed by atoms with Crippen LogP contribution < -0.4 is 5.56 Å². The van der Waals surface area contributed by atoms with Crippen LogP contribution in [0.1, 0.15) is 21.6 Å². The number of nitrogens with zero attached hydrogens (tertiary/aromatic N) is 5. The maximum Gasteiger partial charge on any atom is 0.268 e. The van der Waals surface area contributed by atoms with Gasteiger partial charge >= 0.3 is 0 Å². The third-order valence-electron chi connectivity index (χ3n) is 7.28. The molecule has 0 spiro atoms. The van der Waals surface area contributed by atoms with Crippen LogP contribution in [-0.4, -0.2) is 36.4 Å². The Labute approximate surface area is 234 Å². The normalized spacial score (nSPS) is 13.7. The minimum Gasteiger partial charge on any atom is -0.294 e. The summed E-state index contributed by atoms with van der Waals surface area (Å²) in [6.07, 6.45) is 1.80. The Hall–Kier alpha value is -3.72. The van der Waals surface area contributed by atoms with Gasteiger partial charge in [-0.1, -0.05) is 90.6 Å². The van der Waals surface area contributed by atoms with Crippen molar-refractivity contribution in [1.82, 2.24) is 24.1 Å². The molecule has 0 atom stereocenters. The van der Waals surface area contributed by atoms with Gasteiger partial charge in [-0.2, -0.15) is 0 Å². The molecule has 0 fully saturated rings. The molecule has 8 heteroatoms. The molecule has 0 bridgehead atoms. The Bertz CT molecular complexity index is 1810. The molecular formula is C31H27N5OS2. The minimum atomic E-state index is -0.00838. The van der Waals surface area contributed by atoms with Crippen LogP contribution in [0.15, 0.2) is 101 Å². The van der Waals surface area contributed by atoms with Crippen molar-refractivity contribution in [3.8, 4) is 5.69 Å². The summed E-state index contributed by atoms with van der Waals surface area (Å²) in [4.78, 5) is 18.8. The highest BCUT2D eigenvalue weighted by molar-refractivity contribution is 7.99. The summed E-state index contributed by atoms with van der Waals surface area (Å²) >= 11 is 3.42. The summed E-state index contributed by atoms with van der Waals surface area (Å²) in [6.45, 7) is 2.68. The van der Waals surface area contributed by atoms with Gasteiger partial charge in [0.1, 0.15) is 4.83 Å². The lowest BCUT2D eigenvalue weighted by Gasteiger charge is -2.26. The molecule has 7 rings (SSSR count). The van der Waals surface area contributed by atoms with Crippen LogP contribution in [0.25, 0.3) is 21.7 Å². The van der Waals surface area contributed by atoms with Crippen molar-refractivity contribution < 1.29 is 0 Å². The van der Waals surface area contributed by atoms with E-state index in [4.69, 9.17) is 0 Å². The molecule has 0 saturated heterocycles. The van der Waals surface area contributed by atoms with Crippen molar-refractivity contribution in [2.45, 2.75) is 31.1 Å². The average Bonchev–Trinajstić information content (AvgIpc) is 3.56. The van der Waals surface area contributed by atoms with Crippen molar-refractivity contribution in [3.05, 3.63) is 123 Å². The largest absolute Gasteiger partial charge is 0.294 e. The highest BCUT2D eigenvalue weighted by Crippen LogP contribution is 2.36. The Morgan fingerprint density at radius 3 is 2.28 bits per heavy atom. The predicted octanol–water partition coefficient (Wildman–Crippen LogP) is 5.99. The van der Waals surface area contributed by atoms with E-state index in [2.05, 4.69) is 74.1 Å². The number of aromatic nitrogens is 4. The molecule has 1 aliphatic heterocycles. The van der Waals surface area contributed by atoms with Gasteiger partial charge in [0, 0.05) is 30.3 Å². The van der Waals surface area contributed by atoms with Gasteiger partial charge in [0.15, 0.2) is 5.16 Å². The third kappa shape index (κ3) is 4.58. The summed E-state index contributed by atoms with van der Waals surface area (Å²) in [7, 11) is 0. The van der Waals surface area contributed by atoms with Crippen LogP contribution in [0.4, 0.5) is 0 Å².